The summed E-state index contributed by atoms with van der Waals surface area (Å²) in [5, 5.41) is 2.67. The van der Waals surface area contributed by atoms with Crippen LogP contribution in [0.3, 0.4) is 0 Å². The molecule has 0 radical (unpaired) electrons. The average Bonchev–Trinajstić information content (AvgIpc) is 2.60. The molecule has 0 aromatic heterocycles. The largest absolute Gasteiger partial charge is 0.464 e. The van der Waals surface area contributed by atoms with Gasteiger partial charge in [0.05, 0.1) is 6.61 Å². The van der Waals surface area contributed by atoms with Crippen molar-refractivity contribution in [3.8, 4) is 0 Å². The number of carbonyl (C=O) groups is 2. The van der Waals surface area contributed by atoms with Gasteiger partial charge in [-0.15, -0.1) is 0 Å². The van der Waals surface area contributed by atoms with E-state index in [1.54, 1.807) is 25.1 Å². The van der Waals surface area contributed by atoms with Crippen molar-refractivity contribution in [1.82, 2.24) is 5.32 Å². The number of rotatable bonds is 12. The number of halogens is 1. The first-order valence-corrected chi connectivity index (χ1v) is 10.1. The number of nitrogens with one attached hydrogen (secondary N) is 1. The lowest BCUT2D eigenvalue weighted by molar-refractivity contribution is -0.145. The van der Waals surface area contributed by atoms with Gasteiger partial charge < -0.3 is 10.1 Å². The third-order valence-electron chi connectivity index (χ3n) is 4.03. The number of carbonyl (C=O) groups excluding carboxylic acids is 2. The van der Waals surface area contributed by atoms with Gasteiger partial charge in [-0.3, -0.25) is 4.79 Å². The van der Waals surface area contributed by atoms with Gasteiger partial charge in [0, 0.05) is 10.0 Å². The first kappa shape index (κ1) is 21.7. The highest BCUT2D eigenvalue weighted by Crippen LogP contribution is 2.12. The summed E-state index contributed by atoms with van der Waals surface area (Å²) in [6.45, 7) is 4.29. The number of hydrogen-bond donors (Lipinski definition) is 1. The number of ether oxygens (including phenoxy) is 1. The molecule has 0 aliphatic rings. The lowest BCUT2D eigenvalue weighted by Crippen LogP contribution is -2.39. The molecule has 0 saturated carbocycles. The van der Waals surface area contributed by atoms with E-state index in [0.717, 1.165) is 17.3 Å². The Balaban J connectivity index is 2.14. The van der Waals surface area contributed by atoms with Crippen molar-refractivity contribution < 1.29 is 14.3 Å². The van der Waals surface area contributed by atoms with E-state index in [1.807, 2.05) is 6.07 Å². The summed E-state index contributed by atoms with van der Waals surface area (Å²) in [5.41, 5.74) is 0.511. The van der Waals surface area contributed by atoms with Gasteiger partial charge in [0.15, 0.2) is 0 Å². The molecule has 0 fully saturated rings. The Labute approximate surface area is 159 Å². The van der Waals surface area contributed by atoms with Crippen LogP contribution in [0, 0.1) is 0 Å². The zero-order chi connectivity index (χ0) is 18.5. The van der Waals surface area contributed by atoms with Crippen LogP contribution in [-0.2, 0) is 9.53 Å². The Bertz CT molecular complexity index is 533. The summed E-state index contributed by atoms with van der Waals surface area (Å²) in [6.07, 6.45) is 9.62. The van der Waals surface area contributed by atoms with Crippen LogP contribution in [0.4, 0.5) is 0 Å². The Morgan fingerprint density at radius 1 is 1.08 bits per heavy atom. The van der Waals surface area contributed by atoms with E-state index in [4.69, 9.17) is 4.74 Å². The molecule has 1 aromatic carbocycles. The second-order valence-electron chi connectivity index (χ2n) is 6.35. The molecule has 1 amide bonds. The maximum atomic E-state index is 12.1. The molecular weight excluding hydrogens is 382 g/mol. The van der Waals surface area contributed by atoms with E-state index < -0.39 is 6.04 Å². The maximum absolute atomic E-state index is 12.1. The van der Waals surface area contributed by atoms with Gasteiger partial charge >= 0.3 is 5.97 Å². The van der Waals surface area contributed by atoms with Crippen LogP contribution in [0.1, 0.15) is 75.6 Å². The fraction of sp³-hybridized carbons (Fsp3) is 0.600. The van der Waals surface area contributed by atoms with Crippen LogP contribution in [0.25, 0.3) is 0 Å². The highest BCUT2D eigenvalue weighted by Gasteiger charge is 2.17. The minimum absolute atomic E-state index is 0.280. The first-order valence-electron chi connectivity index (χ1n) is 9.27. The predicted octanol–water partition coefficient (Wildman–Crippen LogP) is 5.25. The van der Waals surface area contributed by atoms with Crippen molar-refractivity contribution in [3.63, 3.8) is 0 Å². The monoisotopic (exact) mass is 411 g/mol. The number of benzene rings is 1. The fourth-order valence-corrected chi connectivity index (χ4v) is 2.90. The van der Waals surface area contributed by atoms with E-state index in [2.05, 4.69) is 28.2 Å². The van der Waals surface area contributed by atoms with E-state index in [1.165, 1.54) is 38.5 Å². The van der Waals surface area contributed by atoms with Crippen LogP contribution in [0.15, 0.2) is 28.7 Å². The van der Waals surface area contributed by atoms with Crippen molar-refractivity contribution in [2.45, 2.75) is 71.3 Å². The number of hydrogen-bond acceptors (Lipinski definition) is 3. The second-order valence-corrected chi connectivity index (χ2v) is 7.26. The summed E-state index contributed by atoms with van der Waals surface area (Å²) in [7, 11) is 0. The summed E-state index contributed by atoms with van der Waals surface area (Å²) in [6, 6.07) is 6.40. The summed E-state index contributed by atoms with van der Waals surface area (Å²) < 4.78 is 6.07. The fourth-order valence-electron chi connectivity index (χ4n) is 2.50. The maximum Gasteiger partial charge on any atom is 0.328 e. The Kier molecular flexibility index (Phi) is 11.2. The number of esters is 1. The number of unbranched alkanes of at least 4 members (excludes halogenated alkanes) is 7. The standard InChI is InChI=1S/C20H30BrNO3/c1-3-4-5-6-7-8-9-10-14-25-20(24)16(2)22-19(23)17-12-11-13-18(21)15-17/h11-13,15-16H,3-10,14H2,1-2H3,(H,22,23)/t16-/m0/s1. The molecule has 0 spiro atoms. The van der Waals surface area contributed by atoms with Crippen molar-refractivity contribution in [3.05, 3.63) is 34.3 Å². The van der Waals surface area contributed by atoms with E-state index in [0.29, 0.717) is 12.2 Å². The van der Waals surface area contributed by atoms with Gasteiger partial charge in [-0.05, 0) is 31.5 Å². The van der Waals surface area contributed by atoms with Crippen LogP contribution in [0.2, 0.25) is 0 Å². The molecular formula is C20H30BrNO3. The minimum Gasteiger partial charge on any atom is -0.464 e. The molecule has 0 unspecified atom stereocenters. The van der Waals surface area contributed by atoms with E-state index in [9.17, 15) is 9.59 Å². The molecule has 25 heavy (non-hydrogen) atoms. The molecule has 140 valence electrons. The van der Waals surface area contributed by atoms with Gasteiger partial charge in [-0.1, -0.05) is 73.9 Å². The Hall–Kier alpha value is -1.36. The van der Waals surface area contributed by atoms with Gasteiger partial charge in [0.2, 0.25) is 0 Å². The van der Waals surface area contributed by atoms with Gasteiger partial charge in [-0.2, -0.15) is 0 Å². The van der Waals surface area contributed by atoms with Crippen molar-refractivity contribution in [1.29, 1.82) is 0 Å². The predicted molar refractivity (Wildman–Crippen MR) is 105 cm³/mol. The lowest BCUT2D eigenvalue weighted by atomic mass is 10.1. The minimum atomic E-state index is -0.652. The van der Waals surface area contributed by atoms with Crippen molar-refractivity contribution >= 4 is 27.8 Å². The number of amides is 1. The van der Waals surface area contributed by atoms with Crippen LogP contribution < -0.4 is 5.32 Å². The molecule has 1 N–H and O–H groups in total. The molecule has 1 rings (SSSR count). The van der Waals surface area contributed by atoms with Crippen molar-refractivity contribution in [2.24, 2.45) is 0 Å². The van der Waals surface area contributed by atoms with E-state index >= 15 is 0 Å². The zero-order valence-electron chi connectivity index (χ0n) is 15.4. The molecule has 0 aliphatic heterocycles. The molecule has 5 heteroatoms. The summed E-state index contributed by atoms with van der Waals surface area (Å²) in [4.78, 5) is 24.0. The Morgan fingerprint density at radius 3 is 2.36 bits per heavy atom. The van der Waals surface area contributed by atoms with Crippen molar-refractivity contribution in [2.75, 3.05) is 6.61 Å². The van der Waals surface area contributed by atoms with Gasteiger partial charge in [-0.25, -0.2) is 4.79 Å². The smallest absolute Gasteiger partial charge is 0.328 e. The van der Waals surface area contributed by atoms with Gasteiger partial charge in [0.25, 0.3) is 5.91 Å². The third kappa shape index (κ3) is 9.63. The molecule has 4 nitrogen and oxygen atoms in total. The van der Waals surface area contributed by atoms with Crippen LogP contribution in [0.5, 0.6) is 0 Å². The quantitative estimate of drug-likeness (QED) is 0.377. The molecule has 1 aromatic rings. The highest BCUT2D eigenvalue weighted by molar-refractivity contribution is 9.10. The Morgan fingerprint density at radius 2 is 1.72 bits per heavy atom. The summed E-state index contributed by atoms with van der Waals surface area (Å²) >= 11 is 3.33. The highest BCUT2D eigenvalue weighted by atomic mass is 79.9. The SMILES string of the molecule is CCCCCCCCCCOC(=O)[C@H](C)NC(=O)c1cccc(Br)c1. The lowest BCUT2D eigenvalue weighted by Gasteiger charge is -2.13. The van der Waals surface area contributed by atoms with Gasteiger partial charge in [0.1, 0.15) is 6.04 Å². The van der Waals surface area contributed by atoms with E-state index in [-0.39, 0.29) is 11.9 Å². The molecule has 0 aliphatic carbocycles. The molecule has 0 heterocycles. The topological polar surface area (TPSA) is 55.4 Å². The third-order valence-corrected chi connectivity index (χ3v) is 4.52. The molecule has 0 saturated heterocycles. The molecule has 1 atom stereocenters. The first-order chi connectivity index (χ1) is 12.0. The summed E-state index contributed by atoms with van der Waals surface area (Å²) in [5.74, 6) is -0.663. The normalized spacial score (nSPS) is 11.8. The van der Waals surface area contributed by atoms with Crippen LogP contribution >= 0.6 is 15.9 Å². The molecule has 0 bridgehead atoms. The second kappa shape index (κ2) is 12.9. The van der Waals surface area contributed by atoms with Crippen LogP contribution in [-0.4, -0.2) is 24.5 Å². The average molecular weight is 412 g/mol. The zero-order valence-corrected chi connectivity index (χ0v) is 16.9.